The average molecular weight is 481 g/mol. The summed E-state index contributed by atoms with van der Waals surface area (Å²) in [7, 11) is -3.07. The fourth-order valence-electron chi connectivity index (χ4n) is 3.92. The van der Waals surface area contributed by atoms with Crippen molar-refractivity contribution in [3.8, 4) is 0 Å². The van der Waals surface area contributed by atoms with E-state index < -0.39 is 40.1 Å². The molecule has 1 aliphatic heterocycles. The monoisotopic (exact) mass is 480 g/mol. The number of benzene rings is 1. The molecule has 2 unspecified atom stereocenters. The quantitative estimate of drug-likeness (QED) is 0.481. The van der Waals surface area contributed by atoms with Crippen molar-refractivity contribution >= 4 is 39.1 Å². The lowest BCUT2D eigenvalue weighted by atomic mass is 10.1. The number of sulfone groups is 1. The minimum Gasteiger partial charge on any atom is -0.456 e. The zero-order valence-electron chi connectivity index (χ0n) is 18.1. The van der Waals surface area contributed by atoms with Gasteiger partial charge in [-0.1, -0.05) is 23.7 Å². The Balaban J connectivity index is 1.61. The highest BCUT2D eigenvalue weighted by molar-refractivity contribution is 7.91. The van der Waals surface area contributed by atoms with Crippen molar-refractivity contribution in [2.45, 2.75) is 39.3 Å². The molecule has 32 heavy (non-hydrogen) atoms. The summed E-state index contributed by atoms with van der Waals surface area (Å²) in [6.45, 7) is 4.53. The van der Waals surface area contributed by atoms with Crippen LogP contribution >= 0.6 is 11.6 Å². The van der Waals surface area contributed by atoms with E-state index in [-0.39, 0.29) is 28.1 Å². The summed E-state index contributed by atoms with van der Waals surface area (Å²) in [5.41, 5.74) is 2.03. The number of aromatic nitrogens is 1. The molecule has 0 spiro atoms. The molecule has 1 amide bonds. The number of hydrogen-bond acceptors (Lipinski definition) is 6. The Bertz CT molecular complexity index is 1170. The first-order valence-corrected chi connectivity index (χ1v) is 12.3. The molecule has 0 radical (unpaired) electrons. The second-order valence-electron chi connectivity index (χ2n) is 7.92. The third kappa shape index (κ3) is 5.21. The van der Waals surface area contributed by atoms with Crippen molar-refractivity contribution in [3.63, 3.8) is 0 Å². The van der Waals surface area contributed by atoms with E-state index in [1.807, 2.05) is 11.5 Å². The summed E-state index contributed by atoms with van der Waals surface area (Å²) < 4.78 is 30.6. The first kappa shape index (κ1) is 24.0. The van der Waals surface area contributed by atoms with Gasteiger partial charge in [0.05, 0.1) is 22.1 Å². The molecule has 2 atom stereocenters. The molecule has 1 N–H and O–H groups in total. The number of ketones is 1. The van der Waals surface area contributed by atoms with Crippen LogP contribution in [-0.2, 0) is 19.4 Å². The van der Waals surface area contributed by atoms with E-state index >= 15 is 0 Å². The lowest BCUT2D eigenvalue weighted by molar-refractivity contribution is -0.144. The van der Waals surface area contributed by atoms with Crippen LogP contribution in [0.2, 0.25) is 5.02 Å². The van der Waals surface area contributed by atoms with Crippen LogP contribution in [-0.4, -0.2) is 54.8 Å². The Morgan fingerprint density at radius 3 is 2.53 bits per heavy atom. The lowest BCUT2D eigenvalue weighted by Crippen LogP contribution is -2.40. The van der Waals surface area contributed by atoms with Crippen molar-refractivity contribution in [1.29, 1.82) is 0 Å². The third-order valence-corrected chi connectivity index (χ3v) is 7.60. The third-order valence-electron chi connectivity index (χ3n) is 5.52. The minimum atomic E-state index is -3.07. The van der Waals surface area contributed by atoms with Gasteiger partial charge in [-0.15, -0.1) is 0 Å². The smallest absolute Gasteiger partial charge is 0.328 e. The summed E-state index contributed by atoms with van der Waals surface area (Å²) >= 11 is 5.99. The number of nitrogens with one attached hydrogen (secondary N) is 1. The molecule has 2 aromatic rings. The number of Topliss-reactive ketones (excluding diaryl/α,β-unsaturated/α-hetero) is 1. The van der Waals surface area contributed by atoms with Crippen molar-refractivity contribution in [1.82, 2.24) is 9.88 Å². The highest BCUT2D eigenvalue weighted by atomic mass is 35.5. The normalized spacial score (nSPS) is 18.2. The molecule has 8 nitrogen and oxygen atoms in total. The molecule has 2 heterocycles. The molecule has 0 bridgehead atoms. The van der Waals surface area contributed by atoms with Gasteiger partial charge in [0.2, 0.25) is 5.78 Å². The van der Waals surface area contributed by atoms with Crippen LogP contribution in [0.25, 0.3) is 0 Å². The molecule has 0 saturated carbocycles. The van der Waals surface area contributed by atoms with Crippen LogP contribution < -0.4 is 5.32 Å². The maximum Gasteiger partial charge on any atom is 0.328 e. The van der Waals surface area contributed by atoms with Crippen LogP contribution in [0.1, 0.15) is 51.5 Å². The molecule has 172 valence electrons. The standard InChI is InChI=1S/C22H25ClN2O6S/c1-13-10-18(15(3)25(13)16-8-9-32(29,30)12-16)20(26)11-31-22(28)14(2)24-21(27)17-6-4-5-7-19(17)23/h4-7,10,14,16H,8-9,11-12H2,1-3H3,(H,24,27). The summed E-state index contributed by atoms with van der Waals surface area (Å²) in [4.78, 5) is 37.2. The first-order valence-electron chi connectivity index (χ1n) is 10.1. The van der Waals surface area contributed by atoms with Gasteiger partial charge in [-0.3, -0.25) is 9.59 Å². The largest absolute Gasteiger partial charge is 0.456 e. The summed E-state index contributed by atoms with van der Waals surface area (Å²) in [6, 6.07) is 6.93. The number of nitrogens with zero attached hydrogens (tertiary/aromatic N) is 1. The highest BCUT2D eigenvalue weighted by Gasteiger charge is 2.32. The Morgan fingerprint density at radius 1 is 1.22 bits per heavy atom. The predicted octanol–water partition coefficient (Wildman–Crippen LogP) is 2.66. The van der Waals surface area contributed by atoms with Crippen molar-refractivity contribution in [2.24, 2.45) is 0 Å². The lowest BCUT2D eigenvalue weighted by Gasteiger charge is -2.16. The molecule has 1 saturated heterocycles. The van der Waals surface area contributed by atoms with Gasteiger partial charge in [0.25, 0.3) is 5.91 Å². The fraction of sp³-hybridized carbons (Fsp3) is 0.409. The van der Waals surface area contributed by atoms with Gasteiger partial charge >= 0.3 is 5.97 Å². The topological polar surface area (TPSA) is 112 Å². The molecule has 1 aromatic heterocycles. The molecular weight excluding hydrogens is 456 g/mol. The second kappa shape index (κ2) is 9.46. The number of aryl methyl sites for hydroxylation is 1. The van der Waals surface area contributed by atoms with Gasteiger partial charge < -0.3 is 14.6 Å². The minimum absolute atomic E-state index is 0.0502. The second-order valence-corrected chi connectivity index (χ2v) is 10.6. The van der Waals surface area contributed by atoms with Gasteiger partial charge in [-0.25, -0.2) is 13.2 Å². The number of hydrogen-bond donors (Lipinski definition) is 1. The SMILES string of the molecule is Cc1cc(C(=O)COC(=O)C(C)NC(=O)c2ccccc2Cl)c(C)n1C1CCS(=O)(=O)C1. The predicted molar refractivity (Wildman–Crippen MR) is 120 cm³/mol. The number of esters is 1. The van der Waals surface area contributed by atoms with Gasteiger partial charge in [0, 0.05) is 23.0 Å². The Labute approximate surface area is 191 Å². The van der Waals surface area contributed by atoms with Crippen molar-refractivity contribution in [2.75, 3.05) is 18.1 Å². The molecular formula is C22H25ClN2O6S. The van der Waals surface area contributed by atoms with Crippen LogP contribution in [0.4, 0.5) is 0 Å². The maximum atomic E-state index is 12.7. The van der Waals surface area contributed by atoms with E-state index in [1.54, 1.807) is 31.2 Å². The maximum absolute atomic E-state index is 12.7. The van der Waals surface area contributed by atoms with Gasteiger partial charge in [-0.05, 0) is 45.4 Å². The van der Waals surface area contributed by atoms with Gasteiger partial charge in [-0.2, -0.15) is 0 Å². The van der Waals surface area contributed by atoms with E-state index in [9.17, 15) is 22.8 Å². The molecule has 0 aliphatic carbocycles. The molecule has 3 rings (SSSR count). The van der Waals surface area contributed by atoms with Crippen molar-refractivity contribution in [3.05, 3.63) is 57.9 Å². The van der Waals surface area contributed by atoms with Crippen molar-refractivity contribution < 1.29 is 27.5 Å². The summed E-state index contributed by atoms with van der Waals surface area (Å²) in [5, 5.41) is 2.76. The molecule has 1 aliphatic rings. The van der Waals surface area contributed by atoms with E-state index in [4.69, 9.17) is 16.3 Å². The number of ether oxygens (including phenoxy) is 1. The average Bonchev–Trinajstić information content (AvgIpc) is 3.23. The first-order chi connectivity index (χ1) is 15.0. The van der Waals surface area contributed by atoms with E-state index in [2.05, 4.69) is 5.32 Å². The van der Waals surface area contributed by atoms with E-state index in [1.165, 1.54) is 13.0 Å². The number of rotatable bonds is 7. The van der Waals surface area contributed by atoms with E-state index in [0.29, 0.717) is 17.7 Å². The van der Waals surface area contributed by atoms with Crippen LogP contribution in [0.5, 0.6) is 0 Å². The Hall–Kier alpha value is -2.65. The van der Waals surface area contributed by atoms with Gasteiger partial charge in [0.1, 0.15) is 6.04 Å². The highest BCUT2D eigenvalue weighted by Crippen LogP contribution is 2.29. The number of carbonyl (C=O) groups excluding carboxylic acids is 3. The molecule has 1 aromatic carbocycles. The summed E-state index contributed by atoms with van der Waals surface area (Å²) in [5.74, 6) is -1.50. The molecule has 10 heteroatoms. The Kier molecular flexibility index (Phi) is 7.09. The van der Waals surface area contributed by atoms with Gasteiger partial charge in [0.15, 0.2) is 16.4 Å². The van der Waals surface area contributed by atoms with Crippen LogP contribution in [0.15, 0.2) is 30.3 Å². The number of carbonyl (C=O) groups is 3. The number of halogens is 1. The number of amides is 1. The summed E-state index contributed by atoms with van der Waals surface area (Å²) in [6.07, 6.45) is 0.504. The Morgan fingerprint density at radius 2 is 1.91 bits per heavy atom. The zero-order chi connectivity index (χ0) is 23.6. The van der Waals surface area contributed by atoms with Crippen LogP contribution in [0, 0.1) is 13.8 Å². The van der Waals surface area contributed by atoms with E-state index in [0.717, 1.165) is 5.69 Å². The van der Waals surface area contributed by atoms with Crippen LogP contribution in [0.3, 0.4) is 0 Å². The fourth-order valence-corrected chi connectivity index (χ4v) is 5.84. The molecule has 1 fully saturated rings. The zero-order valence-corrected chi connectivity index (χ0v) is 19.6.